The van der Waals surface area contributed by atoms with E-state index in [9.17, 15) is 4.79 Å². The summed E-state index contributed by atoms with van der Waals surface area (Å²) in [5.74, 6) is 0.758. The van der Waals surface area contributed by atoms with Gasteiger partial charge >= 0.3 is 5.69 Å². The standard InChI is InChI=1S/C13H18Cl2N2.C6H5N3O.I2.HI/c14-5-2-6-16-7-9-17(10-8-16)13-4-1-3-12(15)11-13;10-6-8-7-5-3-1-2-4-9(5)6;1-2;/h1,3-4,11H,2,5-10H2;1-4H,(H,8,10);;1H. The highest BCUT2D eigenvalue weighted by molar-refractivity contribution is 15.0. The second-order valence-electron chi connectivity index (χ2n) is 6.31. The maximum Gasteiger partial charge on any atom is 0.347 e. The molecule has 1 aromatic carbocycles. The van der Waals surface area contributed by atoms with Gasteiger partial charge in [0.05, 0.1) is 0 Å². The molecule has 1 aliphatic rings. The molecule has 1 saturated heterocycles. The molecule has 1 N–H and O–H groups in total. The lowest BCUT2D eigenvalue weighted by atomic mass is 10.2. The van der Waals surface area contributed by atoms with Crippen LogP contribution in [0.5, 0.6) is 0 Å². The molecule has 0 aliphatic carbocycles. The van der Waals surface area contributed by atoms with Crippen molar-refractivity contribution in [2.75, 3.05) is 43.5 Å². The first-order valence-corrected chi connectivity index (χ1v) is 16.3. The van der Waals surface area contributed by atoms with Gasteiger partial charge in [0.1, 0.15) is 0 Å². The monoisotopic (exact) mass is 789 g/mol. The fourth-order valence-electron chi connectivity index (χ4n) is 3.04. The van der Waals surface area contributed by atoms with Gasteiger partial charge in [-0.1, -0.05) is 23.7 Å². The van der Waals surface area contributed by atoms with Crippen LogP contribution in [-0.4, -0.2) is 58.1 Å². The average molecular weight is 790 g/mol. The maximum absolute atomic E-state index is 10.8. The van der Waals surface area contributed by atoms with Crippen LogP contribution in [0.1, 0.15) is 6.42 Å². The number of benzene rings is 1. The third kappa shape index (κ3) is 8.96. The number of aromatic amines is 1. The van der Waals surface area contributed by atoms with E-state index in [2.05, 4.69) is 63.3 Å². The summed E-state index contributed by atoms with van der Waals surface area (Å²) in [7, 11) is 0. The molecule has 166 valence electrons. The Morgan fingerprint density at radius 2 is 1.80 bits per heavy atom. The molecule has 0 radical (unpaired) electrons. The lowest BCUT2D eigenvalue weighted by Crippen LogP contribution is -2.46. The molecular formula is C19H24Cl2I3N5O. The summed E-state index contributed by atoms with van der Waals surface area (Å²) in [5, 5.41) is 6.89. The largest absolute Gasteiger partial charge is 0.369 e. The van der Waals surface area contributed by atoms with Gasteiger partial charge in [0.25, 0.3) is 0 Å². The number of nitrogens with one attached hydrogen (secondary N) is 1. The first kappa shape index (κ1) is 28.2. The van der Waals surface area contributed by atoms with Crippen LogP contribution in [-0.2, 0) is 0 Å². The van der Waals surface area contributed by atoms with Gasteiger partial charge in [-0.3, -0.25) is 9.30 Å². The average Bonchev–Trinajstić information content (AvgIpc) is 3.16. The van der Waals surface area contributed by atoms with Gasteiger partial charge in [0.2, 0.25) is 0 Å². The van der Waals surface area contributed by atoms with E-state index in [4.69, 9.17) is 23.2 Å². The zero-order valence-electron chi connectivity index (χ0n) is 16.2. The molecule has 4 rings (SSSR count). The molecule has 2 aromatic heterocycles. The lowest BCUT2D eigenvalue weighted by Gasteiger charge is -2.36. The predicted molar refractivity (Wildman–Crippen MR) is 155 cm³/mol. The summed E-state index contributed by atoms with van der Waals surface area (Å²) in [6, 6.07) is 13.5. The summed E-state index contributed by atoms with van der Waals surface area (Å²) in [6.45, 7) is 5.49. The molecular weight excluding hydrogens is 766 g/mol. The number of fused-ring (bicyclic) bond motifs is 1. The first-order valence-electron chi connectivity index (χ1n) is 9.12. The van der Waals surface area contributed by atoms with E-state index in [1.165, 1.54) is 10.1 Å². The van der Waals surface area contributed by atoms with Crippen molar-refractivity contribution in [2.24, 2.45) is 0 Å². The van der Waals surface area contributed by atoms with Crippen molar-refractivity contribution in [3.63, 3.8) is 0 Å². The first-order chi connectivity index (χ1) is 14.2. The third-order valence-corrected chi connectivity index (χ3v) is 4.98. The second-order valence-corrected chi connectivity index (χ2v) is 7.12. The Bertz CT molecular complexity index is 916. The normalized spacial score (nSPS) is 13.5. The summed E-state index contributed by atoms with van der Waals surface area (Å²) in [6.07, 6.45) is 2.75. The maximum atomic E-state index is 10.8. The fraction of sp³-hybridized carbons (Fsp3) is 0.368. The van der Waals surface area contributed by atoms with E-state index in [1.54, 1.807) is 18.3 Å². The molecule has 0 atom stereocenters. The Morgan fingerprint density at radius 3 is 2.43 bits per heavy atom. The summed E-state index contributed by atoms with van der Waals surface area (Å²) in [5.41, 5.74) is 1.68. The molecule has 0 amide bonds. The molecule has 0 saturated carbocycles. The molecule has 3 aromatic rings. The van der Waals surface area contributed by atoms with Gasteiger partial charge in [0.15, 0.2) is 5.65 Å². The minimum Gasteiger partial charge on any atom is -0.369 e. The Hall–Kier alpha value is 0.170. The van der Waals surface area contributed by atoms with Crippen molar-refractivity contribution < 1.29 is 0 Å². The number of rotatable bonds is 4. The van der Waals surface area contributed by atoms with Gasteiger partial charge in [-0.2, -0.15) is 5.10 Å². The van der Waals surface area contributed by atoms with Gasteiger partial charge in [0, 0.05) is 86.2 Å². The molecule has 6 nitrogen and oxygen atoms in total. The highest BCUT2D eigenvalue weighted by Gasteiger charge is 2.16. The van der Waals surface area contributed by atoms with Crippen LogP contribution in [0.2, 0.25) is 5.02 Å². The van der Waals surface area contributed by atoms with Crippen molar-refractivity contribution in [3.05, 3.63) is 64.2 Å². The van der Waals surface area contributed by atoms with Crippen LogP contribution in [0.4, 0.5) is 5.69 Å². The number of alkyl halides is 1. The Morgan fingerprint density at radius 1 is 1.07 bits per heavy atom. The third-order valence-electron chi connectivity index (χ3n) is 4.48. The Labute approximate surface area is 227 Å². The van der Waals surface area contributed by atoms with Gasteiger partial charge < -0.3 is 4.90 Å². The van der Waals surface area contributed by atoms with Crippen molar-refractivity contribution in [2.45, 2.75) is 6.42 Å². The second kappa shape index (κ2) is 15.9. The number of hydrogen-bond acceptors (Lipinski definition) is 4. The minimum atomic E-state index is -0.199. The number of hydrogen-bond donors (Lipinski definition) is 1. The molecule has 3 heterocycles. The molecule has 1 fully saturated rings. The number of H-pyrrole nitrogens is 1. The number of nitrogens with zero attached hydrogens (tertiary/aromatic N) is 4. The van der Waals surface area contributed by atoms with Crippen molar-refractivity contribution in [3.8, 4) is 0 Å². The van der Waals surface area contributed by atoms with Crippen molar-refractivity contribution in [1.82, 2.24) is 19.5 Å². The molecule has 11 heteroatoms. The number of halogens is 5. The van der Waals surface area contributed by atoms with E-state index >= 15 is 0 Å². The van der Waals surface area contributed by atoms with E-state index in [0.717, 1.165) is 50.0 Å². The van der Waals surface area contributed by atoms with Crippen LogP contribution >= 0.6 is 84.4 Å². The van der Waals surface area contributed by atoms with Gasteiger partial charge in [-0.05, 0) is 43.3 Å². The Balaban J connectivity index is 0.000000296. The van der Waals surface area contributed by atoms with Crippen LogP contribution < -0.4 is 10.6 Å². The number of pyridine rings is 1. The zero-order valence-corrected chi connectivity index (χ0v) is 24.3. The van der Waals surface area contributed by atoms with E-state index in [-0.39, 0.29) is 29.7 Å². The van der Waals surface area contributed by atoms with E-state index in [1.807, 2.05) is 24.3 Å². The minimum absolute atomic E-state index is 0. The molecule has 0 spiro atoms. The molecule has 30 heavy (non-hydrogen) atoms. The topological polar surface area (TPSA) is 56.6 Å². The lowest BCUT2D eigenvalue weighted by molar-refractivity contribution is 0.259. The van der Waals surface area contributed by atoms with Crippen molar-refractivity contribution in [1.29, 1.82) is 0 Å². The van der Waals surface area contributed by atoms with Crippen LogP contribution in [0, 0.1) is 0 Å². The summed E-state index contributed by atoms with van der Waals surface area (Å²) < 4.78 is 1.44. The number of aromatic nitrogens is 3. The van der Waals surface area contributed by atoms with Crippen molar-refractivity contribution >= 4 is 95.7 Å². The quantitative estimate of drug-likeness (QED) is 0.281. The van der Waals surface area contributed by atoms with E-state index < -0.39 is 0 Å². The smallest absolute Gasteiger partial charge is 0.347 e. The Kier molecular flexibility index (Phi) is 14.9. The van der Waals surface area contributed by atoms with E-state index in [0.29, 0.717) is 5.65 Å². The van der Waals surface area contributed by atoms with Crippen LogP contribution in [0.25, 0.3) is 5.65 Å². The molecule has 1 aliphatic heterocycles. The zero-order chi connectivity index (χ0) is 21.1. The molecule has 0 unspecified atom stereocenters. The summed E-state index contributed by atoms with van der Waals surface area (Å²) >= 11 is 16.0. The number of anilines is 1. The fourth-order valence-corrected chi connectivity index (χ4v) is 3.35. The summed E-state index contributed by atoms with van der Waals surface area (Å²) in [4.78, 5) is 15.7. The highest BCUT2D eigenvalue weighted by atomic mass is 128. The van der Waals surface area contributed by atoms with Gasteiger partial charge in [-0.15, -0.1) is 35.6 Å². The predicted octanol–water partition coefficient (Wildman–Crippen LogP) is 5.50. The van der Waals surface area contributed by atoms with Crippen LogP contribution in [0.3, 0.4) is 0 Å². The number of piperazine rings is 1. The van der Waals surface area contributed by atoms with Gasteiger partial charge in [-0.25, -0.2) is 9.89 Å². The SMILES string of the molecule is ClCCCN1CCN(c2cccc(Cl)c2)CC1.I.II.O=c1[nH]nc2ccccn12. The van der Waals surface area contributed by atoms with Crippen LogP contribution in [0.15, 0.2) is 53.5 Å². The molecule has 0 bridgehead atoms. The highest BCUT2D eigenvalue weighted by Crippen LogP contribution is 2.20.